The van der Waals surface area contributed by atoms with Gasteiger partial charge in [-0.25, -0.2) is 0 Å². The average Bonchev–Trinajstić information content (AvgIpc) is 3.37. The minimum Gasteiger partial charge on any atom is -0.481 e. The van der Waals surface area contributed by atoms with Crippen LogP contribution < -0.4 is 20.1 Å². The topological polar surface area (TPSA) is 114 Å². The predicted octanol–water partition coefficient (Wildman–Crippen LogP) is 3.89. The standard InChI is InChI=1S/C21H21ClN2O6S/c22-17-8-14(19(26)23-9-11-1-6-15-16(7-11)30-10-29-15)20(31-17)24-18(25)12-2-4-13(5-3-12)21(27)28/h1,6-8,12-13H,2-5,9-10H2,(H,23,26)(H,24,25)(H,27,28). The smallest absolute Gasteiger partial charge is 0.306 e. The molecule has 1 aromatic heterocycles. The fourth-order valence-electron chi connectivity index (χ4n) is 3.77. The molecule has 164 valence electrons. The Morgan fingerprint density at radius 3 is 2.52 bits per heavy atom. The minimum atomic E-state index is -0.815. The van der Waals surface area contributed by atoms with Gasteiger partial charge in [-0.1, -0.05) is 17.7 Å². The van der Waals surface area contributed by atoms with E-state index in [-0.39, 0.29) is 31.1 Å². The molecule has 3 N–H and O–H groups in total. The van der Waals surface area contributed by atoms with E-state index in [0.29, 0.717) is 52.1 Å². The van der Waals surface area contributed by atoms with Crippen LogP contribution >= 0.6 is 22.9 Å². The van der Waals surface area contributed by atoms with Crippen molar-refractivity contribution >= 4 is 45.7 Å². The Morgan fingerprint density at radius 2 is 1.77 bits per heavy atom. The molecule has 2 heterocycles. The second-order valence-electron chi connectivity index (χ2n) is 7.54. The molecule has 10 heteroatoms. The van der Waals surface area contributed by atoms with E-state index in [2.05, 4.69) is 10.6 Å². The van der Waals surface area contributed by atoms with E-state index < -0.39 is 11.9 Å². The molecule has 0 unspecified atom stereocenters. The van der Waals surface area contributed by atoms with E-state index in [1.807, 2.05) is 6.07 Å². The van der Waals surface area contributed by atoms with Crippen LogP contribution in [0.2, 0.25) is 4.34 Å². The fraction of sp³-hybridized carbons (Fsp3) is 0.381. The number of ether oxygens (including phenoxy) is 2. The number of carbonyl (C=O) groups excluding carboxylic acids is 2. The number of carbonyl (C=O) groups is 3. The fourth-order valence-corrected chi connectivity index (χ4v) is 4.89. The van der Waals surface area contributed by atoms with Gasteiger partial charge in [0.05, 0.1) is 15.8 Å². The molecule has 4 rings (SSSR count). The lowest BCUT2D eigenvalue weighted by atomic mass is 9.81. The molecule has 0 saturated heterocycles. The highest BCUT2D eigenvalue weighted by Crippen LogP contribution is 2.35. The van der Waals surface area contributed by atoms with Crippen LogP contribution in [0, 0.1) is 11.8 Å². The van der Waals surface area contributed by atoms with Crippen LogP contribution in [0.1, 0.15) is 41.6 Å². The van der Waals surface area contributed by atoms with Gasteiger partial charge in [0.1, 0.15) is 5.00 Å². The zero-order chi connectivity index (χ0) is 22.0. The highest BCUT2D eigenvalue weighted by molar-refractivity contribution is 7.20. The first-order valence-corrected chi connectivity index (χ1v) is 11.1. The van der Waals surface area contributed by atoms with Gasteiger partial charge in [0.15, 0.2) is 11.5 Å². The van der Waals surface area contributed by atoms with Crippen molar-refractivity contribution in [2.45, 2.75) is 32.2 Å². The summed E-state index contributed by atoms with van der Waals surface area (Å²) >= 11 is 7.23. The minimum absolute atomic E-state index is 0.180. The molecule has 0 bridgehead atoms. The molecule has 1 aliphatic carbocycles. The van der Waals surface area contributed by atoms with E-state index in [1.54, 1.807) is 12.1 Å². The number of aliphatic carboxylic acids is 1. The highest BCUT2D eigenvalue weighted by Gasteiger charge is 2.30. The van der Waals surface area contributed by atoms with Crippen molar-refractivity contribution in [3.8, 4) is 11.5 Å². The van der Waals surface area contributed by atoms with Gasteiger partial charge in [-0.15, -0.1) is 11.3 Å². The molecular formula is C21H21ClN2O6S. The van der Waals surface area contributed by atoms with Crippen molar-refractivity contribution in [1.82, 2.24) is 5.32 Å². The van der Waals surface area contributed by atoms with Crippen molar-refractivity contribution in [3.05, 3.63) is 39.7 Å². The van der Waals surface area contributed by atoms with Gasteiger partial charge in [-0.2, -0.15) is 0 Å². The van der Waals surface area contributed by atoms with Crippen molar-refractivity contribution in [2.75, 3.05) is 12.1 Å². The number of nitrogens with one attached hydrogen (secondary N) is 2. The molecule has 31 heavy (non-hydrogen) atoms. The van der Waals surface area contributed by atoms with E-state index in [4.69, 9.17) is 26.2 Å². The van der Waals surface area contributed by atoms with E-state index in [1.165, 1.54) is 6.07 Å². The van der Waals surface area contributed by atoms with Crippen LogP contribution in [0.5, 0.6) is 11.5 Å². The zero-order valence-corrected chi connectivity index (χ0v) is 18.1. The number of carboxylic acid groups (broad SMARTS) is 1. The lowest BCUT2D eigenvalue weighted by Gasteiger charge is -2.25. The molecule has 0 atom stereocenters. The summed E-state index contributed by atoms with van der Waals surface area (Å²) in [4.78, 5) is 36.5. The molecule has 1 aliphatic heterocycles. The van der Waals surface area contributed by atoms with Gasteiger partial charge in [-0.3, -0.25) is 14.4 Å². The summed E-state index contributed by atoms with van der Waals surface area (Å²) < 4.78 is 11.0. The summed E-state index contributed by atoms with van der Waals surface area (Å²) in [6.07, 6.45) is 1.96. The molecule has 2 aromatic rings. The Bertz CT molecular complexity index is 1020. The van der Waals surface area contributed by atoms with Gasteiger partial charge in [0.25, 0.3) is 5.91 Å². The molecule has 1 aromatic carbocycles. The first kappa shape index (κ1) is 21.5. The van der Waals surface area contributed by atoms with Gasteiger partial charge >= 0.3 is 5.97 Å². The van der Waals surface area contributed by atoms with Gasteiger partial charge < -0.3 is 25.2 Å². The second-order valence-corrected chi connectivity index (χ2v) is 9.22. The Labute approximate surface area is 187 Å². The van der Waals surface area contributed by atoms with E-state index in [0.717, 1.165) is 16.9 Å². The van der Waals surface area contributed by atoms with E-state index >= 15 is 0 Å². The molecule has 8 nitrogen and oxygen atoms in total. The Morgan fingerprint density at radius 1 is 1.06 bits per heavy atom. The molecular weight excluding hydrogens is 444 g/mol. The molecule has 2 amide bonds. The average molecular weight is 465 g/mol. The summed E-state index contributed by atoms with van der Waals surface area (Å²) in [6, 6.07) is 6.96. The number of halogens is 1. The van der Waals surface area contributed by atoms with Crippen molar-refractivity contribution in [1.29, 1.82) is 0 Å². The van der Waals surface area contributed by atoms with Crippen LogP contribution in [-0.2, 0) is 16.1 Å². The van der Waals surface area contributed by atoms with Crippen LogP contribution in [0.3, 0.4) is 0 Å². The monoisotopic (exact) mass is 464 g/mol. The zero-order valence-electron chi connectivity index (χ0n) is 16.5. The van der Waals surface area contributed by atoms with Crippen LogP contribution in [0.4, 0.5) is 5.00 Å². The lowest BCUT2D eigenvalue weighted by molar-refractivity contribution is -0.143. The van der Waals surface area contributed by atoms with Crippen molar-refractivity contribution < 1.29 is 29.0 Å². The highest BCUT2D eigenvalue weighted by atomic mass is 35.5. The number of hydrogen-bond donors (Lipinski definition) is 3. The maximum absolute atomic E-state index is 12.7. The van der Waals surface area contributed by atoms with Gasteiger partial charge in [0, 0.05) is 12.5 Å². The van der Waals surface area contributed by atoms with Crippen molar-refractivity contribution in [2.24, 2.45) is 11.8 Å². The Kier molecular flexibility index (Phi) is 6.33. The number of anilines is 1. The number of hydrogen-bond acceptors (Lipinski definition) is 6. The van der Waals surface area contributed by atoms with Crippen LogP contribution in [-0.4, -0.2) is 29.7 Å². The number of benzene rings is 1. The molecule has 0 radical (unpaired) electrons. The summed E-state index contributed by atoms with van der Waals surface area (Å²) in [5.41, 5.74) is 1.14. The van der Waals surface area contributed by atoms with Crippen molar-refractivity contribution in [3.63, 3.8) is 0 Å². The lowest BCUT2D eigenvalue weighted by Crippen LogP contribution is -2.30. The second kappa shape index (κ2) is 9.15. The summed E-state index contributed by atoms with van der Waals surface area (Å²) in [5.74, 6) is -0.750. The normalized spacial score (nSPS) is 19.6. The molecule has 1 saturated carbocycles. The molecule has 1 fully saturated rings. The number of thiophene rings is 1. The van der Waals surface area contributed by atoms with Crippen LogP contribution in [0.25, 0.3) is 0 Å². The van der Waals surface area contributed by atoms with Gasteiger partial charge in [0.2, 0.25) is 12.7 Å². The Hall–Kier alpha value is -2.78. The number of amides is 2. The third kappa shape index (κ3) is 4.94. The summed E-state index contributed by atoms with van der Waals surface area (Å²) in [5, 5.41) is 15.1. The first-order valence-electron chi connectivity index (χ1n) is 9.90. The van der Waals surface area contributed by atoms with E-state index in [9.17, 15) is 14.4 Å². The molecule has 0 spiro atoms. The quantitative estimate of drug-likeness (QED) is 0.597. The molecule has 2 aliphatic rings. The number of rotatable bonds is 6. The number of carboxylic acids is 1. The number of fused-ring (bicyclic) bond motifs is 1. The largest absolute Gasteiger partial charge is 0.481 e. The van der Waals surface area contributed by atoms with Gasteiger partial charge in [-0.05, 0) is 49.4 Å². The summed E-state index contributed by atoms with van der Waals surface area (Å²) in [6.45, 7) is 0.453. The van der Waals surface area contributed by atoms with Crippen LogP contribution in [0.15, 0.2) is 24.3 Å². The maximum atomic E-state index is 12.7. The predicted molar refractivity (Wildman–Crippen MR) is 115 cm³/mol. The summed E-state index contributed by atoms with van der Waals surface area (Å²) in [7, 11) is 0. The SMILES string of the molecule is O=C(NCc1ccc2c(c1)OCO2)c1cc(Cl)sc1NC(=O)C1CCC(C(=O)O)CC1. The third-order valence-electron chi connectivity index (χ3n) is 5.52. The Balaban J connectivity index is 1.37. The third-order valence-corrected chi connectivity index (χ3v) is 6.70. The first-order chi connectivity index (χ1) is 14.9. The maximum Gasteiger partial charge on any atom is 0.306 e.